The summed E-state index contributed by atoms with van der Waals surface area (Å²) in [6, 6.07) is 6.29. The van der Waals surface area contributed by atoms with Crippen LogP contribution in [0.15, 0.2) is 18.2 Å². The third-order valence-electron chi connectivity index (χ3n) is 2.26. The van der Waals surface area contributed by atoms with Gasteiger partial charge in [-0.25, -0.2) is 0 Å². The molecule has 1 heterocycles. The molecule has 0 unspecified atom stereocenters. The summed E-state index contributed by atoms with van der Waals surface area (Å²) in [6.45, 7) is 4.17. The highest BCUT2D eigenvalue weighted by atomic mass is 15.3. The van der Waals surface area contributed by atoms with Crippen LogP contribution in [-0.2, 0) is 7.05 Å². The highest BCUT2D eigenvalue weighted by Gasteiger charge is 2.05. The van der Waals surface area contributed by atoms with E-state index in [-0.39, 0.29) is 0 Å². The Balaban J connectivity index is 2.99. The Bertz CT molecular complexity index is 427. The summed E-state index contributed by atoms with van der Waals surface area (Å²) in [5.41, 5.74) is 3.64. The number of rotatable bonds is 0. The zero-order valence-electron chi connectivity index (χ0n) is 7.63. The highest BCUT2D eigenvalue weighted by Crippen LogP contribution is 2.20. The minimum atomic E-state index is 1.12. The van der Waals surface area contributed by atoms with E-state index in [1.54, 1.807) is 0 Å². The fraction of sp³-hybridized carbons (Fsp3) is 0.300. The number of hydrogen-bond donors (Lipinski definition) is 0. The monoisotopic (exact) mass is 160 g/mol. The van der Waals surface area contributed by atoms with Gasteiger partial charge in [0, 0.05) is 12.4 Å². The molecule has 0 spiro atoms. The molecule has 62 valence electrons. The molecule has 12 heavy (non-hydrogen) atoms. The topological polar surface area (TPSA) is 17.8 Å². The van der Waals surface area contributed by atoms with E-state index in [0.717, 1.165) is 5.69 Å². The van der Waals surface area contributed by atoms with Crippen molar-refractivity contribution in [3.63, 3.8) is 0 Å². The molecule has 0 bridgehead atoms. The number of aryl methyl sites for hydroxylation is 3. The number of nitrogens with zero attached hydrogens (tertiary/aromatic N) is 2. The van der Waals surface area contributed by atoms with Crippen molar-refractivity contribution in [2.45, 2.75) is 13.8 Å². The largest absolute Gasteiger partial charge is 0.268 e. The van der Waals surface area contributed by atoms with Crippen molar-refractivity contribution >= 4 is 10.9 Å². The zero-order chi connectivity index (χ0) is 8.72. The van der Waals surface area contributed by atoms with Gasteiger partial charge < -0.3 is 0 Å². The second-order valence-corrected chi connectivity index (χ2v) is 3.18. The average molecular weight is 160 g/mol. The van der Waals surface area contributed by atoms with Gasteiger partial charge in [-0.1, -0.05) is 12.1 Å². The molecule has 0 atom stereocenters. The van der Waals surface area contributed by atoms with Crippen LogP contribution in [0.4, 0.5) is 0 Å². The fourth-order valence-corrected chi connectivity index (χ4v) is 1.72. The molecule has 0 saturated carbocycles. The SMILES string of the molecule is Cc1cccc2c1c(C)nn2C. The normalized spacial score (nSPS) is 10.9. The van der Waals surface area contributed by atoms with Crippen LogP contribution < -0.4 is 0 Å². The summed E-state index contributed by atoms with van der Waals surface area (Å²) in [4.78, 5) is 0. The van der Waals surface area contributed by atoms with Gasteiger partial charge in [0.1, 0.15) is 0 Å². The van der Waals surface area contributed by atoms with E-state index in [9.17, 15) is 0 Å². The first kappa shape index (κ1) is 7.35. The maximum absolute atomic E-state index is 4.37. The molecule has 0 aliphatic rings. The van der Waals surface area contributed by atoms with Gasteiger partial charge in [-0.2, -0.15) is 5.10 Å². The van der Waals surface area contributed by atoms with Crippen LogP contribution in [0, 0.1) is 13.8 Å². The Labute approximate surface area is 71.8 Å². The predicted molar refractivity (Wildman–Crippen MR) is 50.2 cm³/mol. The summed E-state index contributed by atoms with van der Waals surface area (Å²) >= 11 is 0. The summed E-state index contributed by atoms with van der Waals surface area (Å²) in [6.07, 6.45) is 0. The van der Waals surface area contributed by atoms with Gasteiger partial charge in [0.15, 0.2) is 0 Å². The number of hydrogen-bond acceptors (Lipinski definition) is 1. The maximum Gasteiger partial charge on any atom is 0.0684 e. The van der Waals surface area contributed by atoms with Gasteiger partial charge in [-0.3, -0.25) is 4.68 Å². The van der Waals surface area contributed by atoms with Crippen molar-refractivity contribution in [1.29, 1.82) is 0 Å². The number of aromatic nitrogens is 2. The Morgan fingerprint density at radius 2 is 2.00 bits per heavy atom. The summed E-state index contributed by atoms with van der Waals surface area (Å²) in [5.74, 6) is 0. The summed E-state index contributed by atoms with van der Waals surface area (Å²) < 4.78 is 1.93. The van der Waals surface area contributed by atoms with Crippen molar-refractivity contribution in [3.8, 4) is 0 Å². The Kier molecular flexibility index (Phi) is 1.43. The smallest absolute Gasteiger partial charge is 0.0684 e. The molecular formula is C10H12N2. The standard InChI is InChI=1S/C10H12N2/c1-7-5-4-6-9-10(7)8(2)11-12(9)3/h4-6H,1-3H3. The zero-order valence-corrected chi connectivity index (χ0v) is 7.63. The van der Waals surface area contributed by atoms with Crippen LogP contribution in [-0.4, -0.2) is 9.78 Å². The lowest BCUT2D eigenvalue weighted by atomic mass is 10.1. The van der Waals surface area contributed by atoms with E-state index in [2.05, 4.69) is 37.1 Å². The van der Waals surface area contributed by atoms with Crippen molar-refractivity contribution in [1.82, 2.24) is 9.78 Å². The molecule has 0 saturated heterocycles. The van der Waals surface area contributed by atoms with Gasteiger partial charge in [-0.15, -0.1) is 0 Å². The lowest BCUT2D eigenvalue weighted by molar-refractivity contribution is 0.783. The Morgan fingerprint density at radius 1 is 1.25 bits per heavy atom. The van der Waals surface area contributed by atoms with E-state index in [0.29, 0.717) is 0 Å². The molecule has 2 heteroatoms. The molecule has 0 aliphatic carbocycles. The van der Waals surface area contributed by atoms with Crippen molar-refractivity contribution in [2.75, 3.05) is 0 Å². The van der Waals surface area contributed by atoms with Crippen LogP contribution in [0.3, 0.4) is 0 Å². The van der Waals surface area contributed by atoms with Crippen LogP contribution >= 0.6 is 0 Å². The molecule has 1 aromatic carbocycles. The first-order valence-electron chi connectivity index (χ1n) is 4.09. The molecule has 2 nitrogen and oxygen atoms in total. The first-order chi connectivity index (χ1) is 5.70. The minimum absolute atomic E-state index is 1.12. The van der Waals surface area contributed by atoms with E-state index < -0.39 is 0 Å². The second-order valence-electron chi connectivity index (χ2n) is 3.18. The predicted octanol–water partition coefficient (Wildman–Crippen LogP) is 2.19. The van der Waals surface area contributed by atoms with Crippen LogP contribution in [0.1, 0.15) is 11.3 Å². The summed E-state index contributed by atoms with van der Waals surface area (Å²) in [5, 5.41) is 5.66. The highest BCUT2D eigenvalue weighted by molar-refractivity contribution is 5.84. The molecule has 0 amide bonds. The van der Waals surface area contributed by atoms with Crippen LogP contribution in [0.25, 0.3) is 10.9 Å². The van der Waals surface area contributed by atoms with E-state index >= 15 is 0 Å². The van der Waals surface area contributed by atoms with E-state index in [1.165, 1.54) is 16.5 Å². The lowest BCUT2D eigenvalue weighted by Crippen LogP contribution is -1.88. The van der Waals surface area contributed by atoms with Gasteiger partial charge >= 0.3 is 0 Å². The Hall–Kier alpha value is -1.31. The van der Waals surface area contributed by atoms with Gasteiger partial charge in [0.2, 0.25) is 0 Å². The number of benzene rings is 1. The average Bonchev–Trinajstić information content (AvgIpc) is 2.29. The molecule has 0 N–H and O–H groups in total. The molecule has 0 aliphatic heterocycles. The fourth-order valence-electron chi connectivity index (χ4n) is 1.72. The van der Waals surface area contributed by atoms with Gasteiger partial charge in [0.25, 0.3) is 0 Å². The molecule has 0 radical (unpaired) electrons. The molecular weight excluding hydrogens is 148 g/mol. The maximum atomic E-state index is 4.37. The Morgan fingerprint density at radius 3 is 2.67 bits per heavy atom. The molecule has 2 rings (SSSR count). The van der Waals surface area contributed by atoms with Crippen LogP contribution in [0.5, 0.6) is 0 Å². The molecule has 0 fully saturated rings. The van der Waals surface area contributed by atoms with E-state index in [1.807, 2.05) is 11.7 Å². The van der Waals surface area contributed by atoms with Crippen molar-refractivity contribution < 1.29 is 0 Å². The quantitative estimate of drug-likeness (QED) is 0.577. The lowest BCUT2D eigenvalue weighted by Gasteiger charge is -1.95. The molecule has 1 aromatic heterocycles. The van der Waals surface area contributed by atoms with Gasteiger partial charge in [-0.05, 0) is 25.5 Å². The summed E-state index contributed by atoms with van der Waals surface area (Å²) in [7, 11) is 1.98. The second kappa shape index (κ2) is 2.34. The number of fused-ring (bicyclic) bond motifs is 1. The third-order valence-corrected chi connectivity index (χ3v) is 2.26. The third kappa shape index (κ3) is 0.843. The van der Waals surface area contributed by atoms with Crippen LogP contribution in [0.2, 0.25) is 0 Å². The van der Waals surface area contributed by atoms with E-state index in [4.69, 9.17) is 0 Å². The molecule has 2 aromatic rings. The van der Waals surface area contributed by atoms with Gasteiger partial charge in [0.05, 0.1) is 11.2 Å². The first-order valence-corrected chi connectivity index (χ1v) is 4.09. The van der Waals surface area contributed by atoms with Crippen molar-refractivity contribution in [2.24, 2.45) is 7.05 Å². The minimum Gasteiger partial charge on any atom is -0.268 e. The van der Waals surface area contributed by atoms with Crippen molar-refractivity contribution in [3.05, 3.63) is 29.5 Å².